The average Bonchev–Trinajstić information content (AvgIpc) is 2.41. The number of hydrogen-bond donors (Lipinski definition) is 0. The highest BCUT2D eigenvalue weighted by Gasteiger charge is 2.27. The largest absolute Gasteiger partial charge is 0.294 e. The van der Waals surface area contributed by atoms with E-state index >= 15 is 0 Å². The average molecular weight is 248 g/mol. The zero-order valence-corrected chi connectivity index (χ0v) is 11.2. The normalized spacial score (nSPS) is 23.9. The summed E-state index contributed by atoms with van der Waals surface area (Å²) in [5, 5.41) is 0. The fourth-order valence-electron chi connectivity index (χ4n) is 2.91. The van der Waals surface area contributed by atoms with E-state index in [0.717, 1.165) is 37.2 Å². The van der Waals surface area contributed by atoms with Crippen LogP contribution in [0.25, 0.3) is 0 Å². The maximum absolute atomic E-state index is 13.2. The number of rotatable bonds is 3. The summed E-state index contributed by atoms with van der Waals surface area (Å²) >= 11 is 0. The van der Waals surface area contributed by atoms with Crippen molar-refractivity contribution in [3.8, 4) is 0 Å². The number of benzene rings is 1. The van der Waals surface area contributed by atoms with Gasteiger partial charge in [-0.2, -0.15) is 0 Å². The molecule has 1 fully saturated rings. The molecule has 1 aromatic rings. The van der Waals surface area contributed by atoms with Gasteiger partial charge in [0, 0.05) is 11.5 Å². The van der Waals surface area contributed by atoms with Gasteiger partial charge in [0.15, 0.2) is 5.78 Å². The van der Waals surface area contributed by atoms with Crippen molar-refractivity contribution in [2.75, 3.05) is 0 Å². The third-order valence-electron chi connectivity index (χ3n) is 4.26. The number of aryl methyl sites for hydroxylation is 1. The molecule has 1 nitrogen and oxygen atoms in total. The summed E-state index contributed by atoms with van der Waals surface area (Å²) < 4.78 is 13.2. The Hall–Kier alpha value is -1.18. The van der Waals surface area contributed by atoms with Crippen molar-refractivity contribution < 1.29 is 9.18 Å². The Morgan fingerprint density at radius 3 is 2.56 bits per heavy atom. The van der Waals surface area contributed by atoms with E-state index in [-0.39, 0.29) is 17.5 Å². The van der Waals surface area contributed by atoms with Crippen LogP contribution in [-0.2, 0) is 0 Å². The monoisotopic (exact) mass is 248 g/mol. The van der Waals surface area contributed by atoms with Crippen molar-refractivity contribution in [3.63, 3.8) is 0 Å². The van der Waals surface area contributed by atoms with E-state index in [1.54, 1.807) is 6.07 Å². The smallest absolute Gasteiger partial charge is 0.166 e. The third-order valence-corrected chi connectivity index (χ3v) is 4.26. The van der Waals surface area contributed by atoms with Crippen LogP contribution in [0.5, 0.6) is 0 Å². The highest BCUT2D eigenvalue weighted by Crippen LogP contribution is 2.33. The summed E-state index contributed by atoms with van der Waals surface area (Å²) in [5.41, 5.74) is 1.47. The van der Waals surface area contributed by atoms with Crippen LogP contribution < -0.4 is 0 Å². The topological polar surface area (TPSA) is 17.1 Å². The van der Waals surface area contributed by atoms with Crippen molar-refractivity contribution in [2.45, 2.75) is 46.0 Å². The van der Waals surface area contributed by atoms with Crippen molar-refractivity contribution in [2.24, 2.45) is 11.8 Å². The molecule has 0 atom stereocenters. The molecule has 0 bridgehead atoms. The van der Waals surface area contributed by atoms with Crippen molar-refractivity contribution in [1.29, 1.82) is 0 Å². The summed E-state index contributed by atoms with van der Waals surface area (Å²) in [6.07, 6.45) is 5.42. The maximum atomic E-state index is 13.2. The van der Waals surface area contributed by atoms with Gasteiger partial charge in [-0.15, -0.1) is 0 Å². The fourth-order valence-corrected chi connectivity index (χ4v) is 2.91. The highest BCUT2D eigenvalue weighted by atomic mass is 19.1. The van der Waals surface area contributed by atoms with Gasteiger partial charge in [-0.3, -0.25) is 4.79 Å². The van der Waals surface area contributed by atoms with Crippen LogP contribution in [0.2, 0.25) is 0 Å². The van der Waals surface area contributed by atoms with E-state index in [0.29, 0.717) is 5.56 Å². The quantitative estimate of drug-likeness (QED) is 0.718. The number of carbonyl (C=O) groups excluding carboxylic acids is 1. The highest BCUT2D eigenvalue weighted by molar-refractivity contribution is 5.99. The van der Waals surface area contributed by atoms with Gasteiger partial charge in [-0.1, -0.05) is 19.4 Å². The molecule has 0 heterocycles. The molecule has 2 rings (SSSR count). The first kappa shape index (κ1) is 13.3. The van der Waals surface area contributed by atoms with E-state index in [1.807, 2.05) is 6.92 Å². The predicted octanol–water partition coefficient (Wildman–Crippen LogP) is 4.53. The Balaban J connectivity index is 2.10. The zero-order valence-electron chi connectivity index (χ0n) is 11.2. The molecular weight excluding hydrogens is 227 g/mol. The van der Waals surface area contributed by atoms with Gasteiger partial charge in [0.2, 0.25) is 0 Å². The molecule has 0 aromatic heterocycles. The van der Waals surface area contributed by atoms with Gasteiger partial charge in [0.05, 0.1) is 0 Å². The third kappa shape index (κ3) is 2.80. The van der Waals surface area contributed by atoms with E-state index in [4.69, 9.17) is 0 Å². The van der Waals surface area contributed by atoms with Crippen LogP contribution in [0.1, 0.15) is 54.9 Å². The first-order valence-electron chi connectivity index (χ1n) is 6.92. The molecule has 2 heteroatoms. The van der Waals surface area contributed by atoms with Gasteiger partial charge >= 0.3 is 0 Å². The Morgan fingerprint density at radius 1 is 1.28 bits per heavy atom. The zero-order chi connectivity index (χ0) is 13.1. The van der Waals surface area contributed by atoms with E-state index in [2.05, 4.69) is 6.92 Å². The summed E-state index contributed by atoms with van der Waals surface area (Å²) in [4.78, 5) is 12.4. The second-order valence-electron chi connectivity index (χ2n) is 5.45. The lowest BCUT2D eigenvalue weighted by atomic mass is 9.77. The van der Waals surface area contributed by atoms with Crippen molar-refractivity contribution >= 4 is 5.78 Å². The SMILES string of the molecule is CCC1CCC(C(=O)c2cc(F)ccc2C)CC1. The minimum absolute atomic E-state index is 0.105. The number of Topliss-reactive ketones (excluding diaryl/α,β-unsaturated/α-hetero) is 1. The Kier molecular flexibility index (Phi) is 4.15. The number of carbonyl (C=O) groups is 1. The Labute approximate surface area is 108 Å². The molecule has 1 aromatic carbocycles. The second kappa shape index (κ2) is 5.64. The van der Waals surface area contributed by atoms with Crippen LogP contribution in [0, 0.1) is 24.6 Å². The fraction of sp³-hybridized carbons (Fsp3) is 0.562. The lowest BCUT2D eigenvalue weighted by Crippen LogP contribution is -2.22. The summed E-state index contributed by atoms with van der Waals surface area (Å²) in [6, 6.07) is 4.50. The minimum Gasteiger partial charge on any atom is -0.294 e. The first-order valence-corrected chi connectivity index (χ1v) is 6.92. The second-order valence-corrected chi connectivity index (χ2v) is 5.45. The Morgan fingerprint density at radius 2 is 1.94 bits per heavy atom. The number of hydrogen-bond acceptors (Lipinski definition) is 1. The lowest BCUT2D eigenvalue weighted by molar-refractivity contribution is 0.0870. The van der Waals surface area contributed by atoms with Gasteiger partial charge in [0.1, 0.15) is 5.82 Å². The summed E-state index contributed by atoms with van der Waals surface area (Å²) in [6.45, 7) is 4.09. The number of ketones is 1. The predicted molar refractivity (Wildman–Crippen MR) is 71.2 cm³/mol. The lowest BCUT2D eigenvalue weighted by Gasteiger charge is -2.27. The van der Waals surface area contributed by atoms with E-state index in [1.165, 1.54) is 18.6 Å². The molecule has 0 unspecified atom stereocenters. The molecular formula is C16H21FO. The maximum Gasteiger partial charge on any atom is 0.166 e. The molecule has 0 N–H and O–H groups in total. The molecule has 18 heavy (non-hydrogen) atoms. The van der Waals surface area contributed by atoms with Gasteiger partial charge in [0.25, 0.3) is 0 Å². The molecule has 0 amide bonds. The molecule has 1 saturated carbocycles. The van der Waals surface area contributed by atoms with Crippen LogP contribution in [0.15, 0.2) is 18.2 Å². The molecule has 1 aliphatic carbocycles. The van der Waals surface area contributed by atoms with Crippen LogP contribution in [0.4, 0.5) is 4.39 Å². The van der Waals surface area contributed by atoms with Gasteiger partial charge in [-0.05, 0) is 56.2 Å². The molecule has 0 spiro atoms. The van der Waals surface area contributed by atoms with Crippen LogP contribution >= 0.6 is 0 Å². The van der Waals surface area contributed by atoms with Gasteiger partial charge < -0.3 is 0 Å². The standard InChI is InChI=1S/C16H21FO/c1-3-12-5-7-13(8-6-12)16(18)15-10-14(17)9-4-11(15)2/h4,9-10,12-13H,3,5-8H2,1-2H3. The Bertz CT molecular complexity index is 431. The molecule has 0 radical (unpaired) electrons. The molecule has 98 valence electrons. The van der Waals surface area contributed by atoms with Crippen molar-refractivity contribution in [3.05, 3.63) is 35.1 Å². The minimum atomic E-state index is -0.314. The molecule has 0 saturated heterocycles. The van der Waals surface area contributed by atoms with E-state index < -0.39 is 0 Å². The van der Waals surface area contributed by atoms with Crippen LogP contribution in [-0.4, -0.2) is 5.78 Å². The molecule has 1 aliphatic rings. The number of halogens is 1. The molecule has 0 aliphatic heterocycles. The first-order chi connectivity index (χ1) is 8.61. The van der Waals surface area contributed by atoms with E-state index in [9.17, 15) is 9.18 Å². The van der Waals surface area contributed by atoms with Crippen molar-refractivity contribution in [1.82, 2.24) is 0 Å². The summed E-state index contributed by atoms with van der Waals surface area (Å²) in [5.74, 6) is 0.712. The van der Waals surface area contributed by atoms with Crippen LogP contribution in [0.3, 0.4) is 0 Å². The summed E-state index contributed by atoms with van der Waals surface area (Å²) in [7, 11) is 0. The van der Waals surface area contributed by atoms with Gasteiger partial charge in [-0.25, -0.2) is 4.39 Å².